The number of benzene rings is 1. The van der Waals surface area contributed by atoms with Gasteiger partial charge in [0.25, 0.3) is 5.91 Å². The maximum absolute atomic E-state index is 14.8. The largest absolute Gasteiger partial charge is 0.365 e. The van der Waals surface area contributed by atoms with Crippen LogP contribution in [0.2, 0.25) is 0 Å². The van der Waals surface area contributed by atoms with Gasteiger partial charge in [-0.05, 0) is 25.0 Å². The van der Waals surface area contributed by atoms with Crippen LogP contribution in [0.15, 0.2) is 42.7 Å². The average Bonchev–Trinajstić information content (AvgIpc) is 2.79. The Kier molecular flexibility index (Phi) is 6.45. The van der Waals surface area contributed by atoms with Crippen molar-refractivity contribution in [2.45, 2.75) is 37.8 Å². The molecule has 4 rings (SSSR count). The summed E-state index contributed by atoms with van der Waals surface area (Å²) in [6.07, 6.45) is 6.12. The van der Waals surface area contributed by atoms with Crippen molar-refractivity contribution in [1.82, 2.24) is 9.97 Å². The van der Waals surface area contributed by atoms with E-state index in [0.29, 0.717) is 17.5 Å². The molecule has 10 heteroatoms. The molecule has 7 nitrogen and oxygen atoms in total. The zero-order valence-corrected chi connectivity index (χ0v) is 17.6. The lowest BCUT2D eigenvalue weighted by atomic mass is 9.91. The summed E-state index contributed by atoms with van der Waals surface area (Å²) in [6, 6.07) is 7.14. The minimum atomic E-state index is -1.43. The lowest BCUT2D eigenvalue weighted by molar-refractivity contribution is 0.0996. The molecular formula is C23H23F3N6O. The molecule has 172 valence electrons. The predicted octanol–water partition coefficient (Wildman–Crippen LogP) is 4.09. The smallest absolute Gasteiger partial charge is 0.255 e. The van der Waals surface area contributed by atoms with Gasteiger partial charge in [-0.15, -0.1) is 0 Å². The number of halogens is 3. The number of primary amides is 1. The van der Waals surface area contributed by atoms with Gasteiger partial charge in [0.15, 0.2) is 11.6 Å². The zero-order chi connectivity index (χ0) is 23.5. The Morgan fingerprint density at radius 2 is 1.79 bits per heavy atom. The van der Waals surface area contributed by atoms with Gasteiger partial charge in [0.1, 0.15) is 17.2 Å². The normalized spacial score (nSPS) is 18.1. The molecule has 6 N–H and O–H groups in total. The molecular weight excluding hydrogens is 433 g/mol. The fourth-order valence-electron chi connectivity index (χ4n) is 3.95. The maximum atomic E-state index is 14.8. The van der Waals surface area contributed by atoms with E-state index in [4.69, 9.17) is 11.5 Å². The number of carbonyl (C=O) groups is 1. The molecule has 0 spiro atoms. The van der Waals surface area contributed by atoms with E-state index >= 15 is 0 Å². The molecule has 1 aliphatic carbocycles. The molecule has 2 heterocycles. The van der Waals surface area contributed by atoms with Gasteiger partial charge in [0, 0.05) is 29.4 Å². The number of pyridine rings is 2. The van der Waals surface area contributed by atoms with Gasteiger partial charge in [-0.2, -0.15) is 4.39 Å². The number of nitrogens with two attached hydrogens (primary N) is 2. The van der Waals surface area contributed by atoms with Gasteiger partial charge in [-0.3, -0.25) is 9.78 Å². The summed E-state index contributed by atoms with van der Waals surface area (Å²) in [5, 5.41) is 5.63. The maximum Gasteiger partial charge on any atom is 0.255 e. The van der Waals surface area contributed by atoms with Crippen molar-refractivity contribution in [3.8, 4) is 11.1 Å². The second kappa shape index (κ2) is 9.45. The van der Waals surface area contributed by atoms with Gasteiger partial charge < -0.3 is 22.1 Å². The Labute approximate surface area is 188 Å². The third-order valence-electron chi connectivity index (χ3n) is 5.65. The number of hydrogen-bond donors (Lipinski definition) is 4. The van der Waals surface area contributed by atoms with Crippen LogP contribution < -0.4 is 22.1 Å². The number of nitrogens with zero attached hydrogens (tertiary/aromatic N) is 2. The molecule has 1 fully saturated rings. The lowest BCUT2D eigenvalue weighted by Crippen LogP contribution is -2.43. The van der Waals surface area contributed by atoms with E-state index in [0.717, 1.165) is 19.3 Å². The third kappa shape index (κ3) is 4.75. The molecule has 2 aromatic heterocycles. The van der Waals surface area contributed by atoms with Gasteiger partial charge >= 0.3 is 0 Å². The van der Waals surface area contributed by atoms with E-state index in [1.54, 1.807) is 24.3 Å². The van der Waals surface area contributed by atoms with Crippen molar-refractivity contribution >= 4 is 23.2 Å². The minimum absolute atomic E-state index is 0.239. The highest BCUT2D eigenvalue weighted by atomic mass is 19.2. The minimum Gasteiger partial charge on any atom is -0.365 e. The summed E-state index contributed by atoms with van der Waals surface area (Å²) >= 11 is 0. The molecule has 33 heavy (non-hydrogen) atoms. The quantitative estimate of drug-likeness (QED) is 0.444. The number of anilines is 3. The second-order valence-corrected chi connectivity index (χ2v) is 7.94. The molecule has 3 aromatic rings. The fourth-order valence-corrected chi connectivity index (χ4v) is 3.95. The number of carbonyl (C=O) groups excluding carboxylic acids is 1. The van der Waals surface area contributed by atoms with Crippen LogP contribution in [-0.4, -0.2) is 28.0 Å². The first-order valence-electron chi connectivity index (χ1n) is 10.5. The molecule has 2 atom stereocenters. The van der Waals surface area contributed by atoms with E-state index < -0.39 is 28.9 Å². The van der Waals surface area contributed by atoms with Crippen molar-refractivity contribution in [1.29, 1.82) is 0 Å². The molecule has 0 unspecified atom stereocenters. The first-order valence-corrected chi connectivity index (χ1v) is 10.5. The van der Waals surface area contributed by atoms with Gasteiger partial charge in [0.05, 0.1) is 11.9 Å². The number of rotatable bonds is 6. The van der Waals surface area contributed by atoms with Gasteiger partial charge in [-0.25, -0.2) is 13.8 Å². The summed E-state index contributed by atoms with van der Waals surface area (Å²) in [5.41, 5.74) is 11.7. The Morgan fingerprint density at radius 1 is 1.03 bits per heavy atom. The summed E-state index contributed by atoms with van der Waals surface area (Å²) < 4.78 is 43.7. The standard InChI is InChI=1S/C23H23F3N6O/c24-15-6-2-1-5-14(15)12-9-13(11-29-10-12)30-22-18(21(28)33)19(25)20(26)23(32-22)31-17-8-4-3-7-16(17)27/h1-2,5-6,9-11,16-17H,3-4,7-8,27H2,(H2,28,33)(H2,30,31,32)/t16-,17+/m0/s1. The van der Waals surface area contributed by atoms with Crippen molar-refractivity contribution in [3.63, 3.8) is 0 Å². The molecule has 1 saturated carbocycles. The van der Waals surface area contributed by atoms with E-state index in [-0.39, 0.29) is 29.4 Å². The second-order valence-electron chi connectivity index (χ2n) is 7.94. The predicted molar refractivity (Wildman–Crippen MR) is 119 cm³/mol. The van der Waals surface area contributed by atoms with Crippen molar-refractivity contribution in [2.75, 3.05) is 10.6 Å². The number of hydrogen-bond acceptors (Lipinski definition) is 6. The van der Waals surface area contributed by atoms with Crippen LogP contribution >= 0.6 is 0 Å². The monoisotopic (exact) mass is 456 g/mol. The highest BCUT2D eigenvalue weighted by Gasteiger charge is 2.28. The fraction of sp³-hybridized carbons (Fsp3) is 0.261. The number of nitrogens with one attached hydrogen (secondary N) is 2. The highest BCUT2D eigenvalue weighted by molar-refractivity contribution is 5.99. The molecule has 0 saturated heterocycles. The molecule has 0 bridgehead atoms. The van der Waals surface area contributed by atoms with Gasteiger partial charge in [0.2, 0.25) is 5.82 Å². The van der Waals surface area contributed by atoms with Crippen molar-refractivity contribution in [2.24, 2.45) is 11.5 Å². The Bertz CT molecular complexity index is 1190. The van der Waals surface area contributed by atoms with Crippen LogP contribution in [0.4, 0.5) is 30.5 Å². The van der Waals surface area contributed by atoms with Crippen molar-refractivity contribution in [3.05, 3.63) is 65.7 Å². The van der Waals surface area contributed by atoms with E-state index in [1.165, 1.54) is 18.5 Å². The average molecular weight is 456 g/mol. The van der Waals surface area contributed by atoms with E-state index in [1.807, 2.05) is 0 Å². The number of aromatic nitrogens is 2. The molecule has 1 amide bonds. The Morgan fingerprint density at radius 3 is 2.52 bits per heavy atom. The first kappa shape index (κ1) is 22.5. The number of amides is 1. The van der Waals surface area contributed by atoms with Crippen LogP contribution in [0.25, 0.3) is 11.1 Å². The zero-order valence-electron chi connectivity index (χ0n) is 17.6. The summed E-state index contributed by atoms with van der Waals surface area (Å²) in [5.74, 6) is -5.05. The van der Waals surface area contributed by atoms with Gasteiger partial charge in [-0.1, -0.05) is 31.0 Å². The SMILES string of the molecule is NC(=O)c1c(Nc2cncc(-c3ccccc3F)c2)nc(N[C@@H]2CCCC[C@@H]2N)c(F)c1F. The molecule has 0 radical (unpaired) electrons. The topological polar surface area (TPSA) is 119 Å². The van der Waals surface area contributed by atoms with Crippen LogP contribution in [0.3, 0.4) is 0 Å². The van der Waals surface area contributed by atoms with Crippen LogP contribution in [0.1, 0.15) is 36.0 Å². The molecule has 1 aliphatic rings. The van der Waals surface area contributed by atoms with Crippen LogP contribution in [0, 0.1) is 17.5 Å². The summed E-state index contributed by atoms with van der Waals surface area (Å²) in [4.78, 5) is 20.1. The summed E-state index contributed by atoms with van der Waals surface area (Å²) in [6.45, 7) is 0. The Hall–Kier alpha value is -3.66. The molecule has 1 aromatic carbocycles. The molecule has 0 aliphatic heterocycles. The highest BCUT2D eigenvalue weighted by Crippen LogP contribution is 2.31. The lowest BCUT2D eigenvalue weighted by Gasteiger charge is -2.30. The van der Waals surface area contributed by atoms with Crippen LogP contribution in [-0.2, 0) is 0 Å². The first-order chi connectivity index (χ1) is 15.8. The third-order valence-corrected chi connectivity index (χ3v) is 5.65. The van der Waals surface area contributed by atoms with E-state index in [9.17, 15) is 18.0 Å². The van der Waals surface area contributed by atoms with Crippen LogP contribution in [0.5, 0.6) is 0 Å². The Balaban J connectivity index is 1.71. The summed E-state index contributed by atoms with van der Waals surface area (Å²) in [7, 11) is 0. The van der Waals surface area contributed by atoms with E-state index in [2.05, 4.69) is 20.6 Å². The van der Waals surface area contributed by atoms with Crippen molar-refractivity contribution < 1.29 is 18.0 Å².